The Balaban J connectivity index is 1.39. The third-order valence-corrected chi connectivity index (χ3v) is 4.28. The lowest BCUT2D eigenvalue weighted by Crippen LogP contribution is -2.46. The molecule has 1 aliphatic heterocycles. The van der Waals surface area contributed by atoms with Gasteiger partial charge < -0.3 is 13.7 Å². The van der Waals surface area contributed by atoms with Crippen LogP contribution in [0.3, 0.4) is 0 Å². The second-order valence-electron chi connectivity index (χ2n) is 5.86. The van der Waals surface area contributed by atoms with Gasteiger partial charge >= 0.3 is 0 Å². The van der Waals surface area contributed by atoms with Gasteiger partial charge in [0.25, 0.3) is 0 Å². The van der Waals surface area contributed by atoms with Crippen molar-refractivity contribution in [3.8, 4) is 11.5 Å². The third-order valence-electron chi connectivity index (χ3n) is 4.28. The van der Waals surface area contributed by atoms with E-state index in [-0.39, 0.29) is 0 Å². The molecule has 3 aromatic rings. The first-order chi connectivity index (χ1) is 11.8. The number of aryl methyl sites for hydroxylation is 1. The first kappa shape index (κ1) is 14.9. The topological polar surface area (TPSA) is 71.4 Å². The quantitative estimate of drug-likeness (QED) is 0.729. The van der Waals surface area contributed by atoms with Gasteiger partial charge in [0.05, 0.1) is 23.7 Å². The molecule has 0 radical (unpaired) electrons. The number of anilines is 1. The van der Waals surface area contributed by atoms with Crippen LogP contribution in [0.4, 0.5) is 5.82 Å². The maximum absolute atomic E-state index is 5.76. The molecule has 0 saturated carbocycles. The zero-order chi connectivity index (χ0) is 16.4. The van der Waals surface area contributed by atoms with E-state index in [1.165, 1.54) is 0 Å². The lowest BCUT2D eigenvalue weighted by Gasteiger charge is -2.34. The molecule has 0 bridgehead atoms. The highest BCUT2D eigenvalue weighted by molar-refractivity contribution is 5.51. The molecule has 0 N–H and O–H groups in total. The highest BCUT2D eigenvalue weighted by atomic mass is 16.4. The molecule has 1 fully saturated rings. The normalized spacial score (nSPS) is 15.8. The van der Waals surface area contributed by atoms with Crippen molar-refractivity contribution in [2.75, 3.05) is 31.1 Å². The maximum atomic E-state index is 5.76. The van der Waals surface area contributed by atoms with Crippen LogP contribution in [0.15, 0.2) is 46.0 Å². The molecule has 0 atom stereocenters. The van der Waals surface area contributed by atoms with Crippen molar-refractivity contribution in [1.82, 2.24) is 19.9 Å². The van der Waals surface area contributed by atoms with E-state index in [0.717, 1.165) is 55.6 Å². The van der Waals surface area contributed by atoms with Gasteiger partial charge in [-0.3, -0.25) is 9.88 Å². The summed E-state index contributed by atoms with van der Waals surface area (Å²) in [7, 11) is 0. The Morgan fingerprint density at radius 2 is 2.04 bits per heavy atom. The average Bonchev–Trinajstić information content (AvgIpc) is 3.27. The van der Waals surface area contributed by atoms with Gasteiger partial charge in [-0.1, -0.05) is 0 Å². The molecule has 124 valence electrons. The molecule has 0 aliphatic carbocycles. The van der Waals surface area contributed by atoms with Gasteiger partial charge in [-0.25, -0.2) is 9.97 Å². The van der Waals surface area contributed by atoms with Crippen LogP contribution in [-0.4, -0.2) is 46.0 Å². The van der Waals surface area contributed by atoms with E-state index in [0.29, 0.717) is 5.89 Å². The van der Waals surface area contributed by atoms with Crippen LogP contribution in [-0.2, 0) is 6.54 Å². The van der Waals surface area contributed by atoms with Crippen molar-refractivity contribution in [3.63, 3.8) is 0 Å². The molecule has 7 nitrogen and oxygen atoms in total. The number of piperazine rings is 1. The molecule has 24 heavy (non-hydrogen) atoms. The summed E-state index contributed by atoms with van der Waals surface area (Å²) in [6.45, 7) is 6.55. The summed E-state index contributed by atoms with van der Waals surface area (Å²) in [4.78, 5) is 17.8. The third kappa shape index (κ3) is 3.03. The lowest BCUT2D eigenvalue weighted by molar-refractivity contribution is 0.245. The van der Waals surface area contributed by atoms with E-state index < -0.39 is 0 Å². The number of furan rings is 1. The zero-order valence-electron chi connectivity index (χ0n) is 13.6. The second-order valence-corrected chi connectivity index (χ2v) is 5.86. The Morgan fingerprint density at radius 3 is 2.75 bits per heavy atom. The van der Waals surface area contributed by atoms with E-state index in [4.69, 9.17) is 8.83 Å². The molecule has 4 heterocycles. The van der Waals surface area contributed by atoms with E-state index in [2.05, 4.69) is 24.8 Å². The summed E-state index contributed by atoms with van der Waals surface area (Å²) >= 11 is 0. The molecule has 4 rings (SSSR count). The molecule has 7 heteroatoms. The van der Waals surface area contributed by atoms with Crippen LogP contribution in [0.2, 0.25) is 0 Å². The Morgan fingerprint density at radius 1 is 1.17 bits per heavy atom. The summed E-state index contributed by atoms with van der Waals surface area (Å²) in [5.74, 6) is 2.43. The molecule has 0 aromatic carbocycles. The van der Waals surface area contributed by atoms with Gasteiger partial charge in [-0.15, -0.1) is 0 Å². The summed E-state index contributed by atoms with van der Waals surface area (Å²) in [6.07, 6.45) is 8.52. The Kier molecular flexibility index (Phi) is 4.00. The van der Waals surface area contributed by atoms with Crippen LogP contribution >= 0.6 is 0 Å². The Bertz CT molecular complexity index is 777. The Hall–Kier alpha value is -2.67. The number of hydrogen-bond donors (Lipinski definition) is 0. The molecule has 0 unspecified atom stereocenters. The fourth-order valence-corrected chi connectivity index (χ4v) is 2.89. The Labute approximate surface area is 139 Å². The van der Waals surface area contributed by atoms with E-state index >= 15 is 0 Å². The predicted octanol–water partition coefficient (Wildman–Crippen LogP) is 2.36. The van der Waals surface area contributed by atoms with Crippen LogP contribution in [0.1, 0.15) is 11.5 Å². The van der Waals surface area contributed by atoms with E-state index in [1.54, 1.807) is 24.9 Å². The van der Waals surface area contributed by atoms with Crippen molar-refractivity contribution >= 4 is 5.82 Å². The standard InChI is InChI=1S/C17H19N5O2/c1-13-15(20-17(24-13)14-2-9-23-12-14)11-21-5-7-22(8-6-21)16-10-18-3-4-19-16/h2-4,9-10,12H,5-8,11H2,1H3. The van der Waals surface area contributed by atoms with Crippen molar-refractivity contribution in [3.05, 3.63) is 48.6 Å². The summed E-state index contributed by atoms with van der Waals surface area (Å²) < 4.78 is 10.9. The molecule has 0 spiro atoms. The molecular weight excluding hydrogens is 306 g/mol. The van der Waals surface area contributed by atoms with Crippen molar-refractivity contribution < 1.29 is 8.83 Å². The largest absolute Gasteiger partial charge is 0.472 e. The van der Waals surface area contributed by atoms with Crippen molar-refractivity contribution in [2.24, 2.45) is 0 Å². The first-order valence-electron chi connectivity index (χ1n) is 8.02. The summed E-state index contributed by atoms with van der Waals surface area (Å²) in [5, 5.41) is 0. The number of aromatic nitrogens is 3. The summed E-state index contributed by atoms with van der Waals surface area (Å²) in [6, 6.07) is 1.86. The van der Waals surface area contributed by atoms with Gasteiger partial charge in [0.1, 0.15) is 17.8 Å². The van der Waals surface area contributed by atoms with Gasteiger partial charge in [0.15, 0.2) is 0 Å². The van der Waals surface area contributed by atoms with Gasteiger partial charge in [-0.05, 0) is 13.0 Å². The molecule has 3 aromatic heterocycles. The molecule has 1 saturated heterocycles. The SMILES string of the molecule is Cc1oc(-c2ccoc2)nc1CN1CCN(c2cnccn2)CC1. The van der Waals surface area contributed by atoms with E-state index in [9.17, 15) is 0 Å². The van der Waals surface area contributed by atoms with Crippen molar-refractivity contribution in [1.29, 1.82) is 0 Å². The molecular formula is C17H19N5O2. The fourth-order valence-electron chi connectivity index (χ4n) is 2.89. The lowest BCUT2D eigenvalue weighted by atomic mass is 10.2. The van der Waals surface area contributed by atoms with Gasteiger partial charge in [0.2, 0.25) is 5.89 Å². The minimum absolute atomic E-state index is 0.620. The maximum Gasteiger partial charge on any atom is 0.229 e. The predicted molar refractivity (Wildman–Crippen MR) is 88.5 cm³/mol. The van der Waals surface area contributed by atoms with Crippen LogP contribution < -0.4 is 4.90 Å². The molecule has 0 amide bonds. The zero-order valence-corrected chi connectivity index (χ0v) is 13.6. The fraction of sp³-hybridized carbons (Fsp3) is 0.353. The van der Waals surface area contributed by atoms with Crippen LogP contribution in [0.5, 0.6) is 0 Å². The first-order valence-corrected chi connectivity index (χ1v) is 8.02. The minimum atomic E-state index is 0.620. The van der Waals surface area contributed by atoms with Crippen molar-refractivity contribution in [2.45, 2.75) is 13.5 Å². The number of nitrogens with zero attached hydrogens (tertiary/aromatic N) is 5. The molecule has 1 aliphatic rings. The summed E-state index contributed by atoms with van der Waals surface area (Å²) in [5.41, 5.74) is 1.86. The van der Waals surface area contributed by atoms with E-state index in [1.807, 2.05) is 19.2 Å². The van der Waals surface area contributed by atoms with Crippen LogP contribution in [0, 0.1) is 6.92 Å². The van der Waals surface area contributed by atoms with Crippen LogP contribution in [0.25, 0.3) is 11.5 Å². The smallest absolute Gasteiger partial charge is 0.229 e. The number of rotatable bonds is 4. The second kappa shape index (κ2) is 6.45. The average molecular weight is 325 g/mol. The highest BCUT2D eigenvalue weighted by Crippen LogP contribution is 2.23. The number of oxazole rings is 1. The number of hydrogen-bond acceptors (Lipinski definition) is 7. The minimum Gasteiger partial charge on any atom is -0.472 e. The van der Waals surface area contributed by atoms with Gasteiger partial charge in [0, 0.05) is 45.1 Å². The monoisotopic (exact) mass is 325 g/mol. The highest BCUT2D eigenvalue weighted by Gasteiger charge is 2.21. The van der Waals surface area contributed by atoms with Gasteiger partial charge in [-0.2, -0.15) is 0 Å².